The molecule has 0 saturated heterocycles. The lowest BCUT2D eigenvalue weighted by Crippen LogP contribution is -2.14. The summed E-state index contributed by atoms with van der Waals surface area (Å²) in [6, 6.07) is 8.40. The number of aromatic carboxylic acids is 1. The Hall–Kier alpha value is -2.53. The highest BCUT2D eigenvalue weighted by Crippen LogP contribution is 2.42. The average Bonchev–Trinajstić information content (AvgIpc) is 2.67. The van der Waals surface area contributed by atoms with Gasteiger partial charge in [0, 0.05) is 16.1 Å². The number of carbonyl (C=O) groups is 2. The van der Waals surface area contributed by atoms with Crippen LogP contribution in [-0.4, -0.2) is 23.8 Å². The van der Waals surface area contributed by atoms with Gasteiger partial charge in [-0.15, -0.1) is 0 Å². The quantitative estimate of drug-likeness (QED) is 0.270. The van der Waals surface area contributed by atoms with E-state index < -0.39 is 12.1 Å². The first kappa shape index (κ1) is 23.7. The number of benzene rings is 2. The van der Waals surface area contributed by atoms with Crippen molar-refractivity contribution in [3.8, 4) is 16.9 Å². The summed E-state index contributed by atoms with van der Waals surface area (Å²) >= 11 is 6.20. The van der Waals surface area contributed by atoms with Crippen molar-refractivity contribution < 1.29 is 24.2 Å². The van der Waals surface area contributed by atoms with Crippen molar-refractivity contribution in [2.75, 3.05) is 6.61 Å². The van der Waals surface area contributed by atoms with Crippen LogP contribution in [0.3, 0.4) is 0 Å². The fraction of sp³-hybridized carbons (Fsp3) is 0.417. The Labute approximate surface area is 183 Å². The molecule has 1 N–H and O–H groups in total. The van der Waals surface area contributed by atoms with Gasteiger partial charge in [0.05, 0.1) is 12.2 Å². The molecule has 0 fully saturated rings. The lowest BCUT2D eigenvalue weighted by Gasteiger charge is -2.21. The third kappa shape index (κ3) is 5.76. The van der Waals surface area contributed by atoms with E-state index in [0.717, 1.165) is 24.0 Å². The summed E-state index contributed by atoms with van der Waals surface area (Å²) in [6.45, 7) is 10.4. The van der Waals surface area contributed by atoms with Crippen molar-refractivity contribution in [2.45, 2.75) is 59.3 Å². The standard InChI is InChI=1S/C24H29ClO5/c1-6-7-10-29-24(28)30-21-12-16(14(2)3)11-19(15(4)5)22(21)20-13-17(25)8-9-18(20)23(26)27/h8-9,11-15H,6-7,10H2,1-5H3,(H,26,27). The normalized spacial score (nSPS) is 11.1. The minimum Gasteiger partial charge on any atom is -0.478 e. The van der Waals surface area contributed by atoms with Gasteiger partial charge in [-0.2, -0.15) is 0 Å². The Morgan fingerprint density at radius 1 is 1.07 bits per heavy atom. The molecule has 2 rings (SSSR count). The third-order valence-corrected chi connectivity index (χ3v) is 5.07. The predicted molar refractivity (Wildman–Crippen MR) is 119 cm³/mol. The van der Waals surface area contributed by atoms with E-state index in [4.69, 9.17) is 21.1 Å². The number of hydrogen-bond acceptors (Lipinski definition) is 4. The molecule has 6 heteroatoms. The average molecular weight is 433 g/mol. The van der Waals surface area contributed by atoms with E-state index in [0.29, 0.717) is 16.1 Å². The fourth-order valence-corrected chi connectivity index (χ4v) is 3.32. The molecule has 0 unspecified atom stereocenters. The first-order valence-electron chi connectivity index (χ1n) is 10.2. The smallest absolute Gasteiger partial charge is 0.478 e. The number of halogens is 1. The Kier molecular flexibility index (Phi) is 8.30. The van der Waals surface area contributed by atoms with Crippen LogP contribution in [-0.2, 0) is 4.74 Å². The zero-order valence-corrected chi connectivity index (χ0v) is 18.9. The van der Waals surface area contributed by atoms with Gasteiger partial charge >= 0.3 is 12.1 Å². The van der Waals surface area contributed by atoms with E-state index in [1.54, 1.807) is 12.1 Å². The zero-order chi connectivity index (χ0) is 22.4. The molecule has 5 nitrogen and oxygen atoms in total. The number of carboxylic acids is 1. The van der Waals surface area contributed by atoms with E-state index in [1.165, 1.54) is 12.1 Å². The SMILES string of the molecule is CCCCOC(=O)Oc1cc(C(C)C)cc(C(C)C)c1-c1cc(Cl)ccc1C(=O)O. The van der Waals surface area contributed by atoms with Crippen molar-refractivity contribution in [1.29, 1.82) is 0 Å². The first-order valence-corrected chi connectivity index (χ1v) is 10.6. The Morgan fingerprint density at radius 3 is 2.33 bits per heavy atom. The minimum absolute atomic E-state index is 0.0535. The summed E-state index contributed by atoms with van der Waals surface area (Å²) in [7, 11) is 0. The van der Waals surface area contributed by atoms with Crippen LogP contribution in [0.1, 0.15) is 80.8 Å². The van der Waals surface area contributed by atoms with E-state index >= 15 is 0 Å². The second kappa shape index (κ2) is 10.5. The second-order valence-electron chi connectivity index (χ2n) is 7.84. The van der Waals surface area contributed by atoms with Crippen molar-refractivity contribution in [3.05, 3.63) is 52.0 Å². The molecule has 0 bridgehead atoms. The lowest BCUT2D eigenvalue weighted by atomic mass is 9.86. The topological polar surface area (TPSA) is 72.8 Å². The molecule has 0 aliphatic rings. The van der Waals surface area contributed by atoms with Gasteiger partial charge in [0.1, 0.15) is 5.75 Å². The molecule has 0 atom stereocenters. The van der Waals surface area contributed by atoms with Crippen LogP contribution < -0.4 is 4.74 Å². The maximum atomic E-state index is 12.3. The van der Waals surface area contributed by atoms with E-state index in [-0.39, 0.29) is 29.8 Å². The molecule has 2 aromatic carbocycles. The Morgan fingerprint density at radius 2 is 1.77 bits per heavy atom. The third-order valence-electron chi connectivity index (χ3n) is 4.84. The molecule has 0 spiro atoms. The van der Waals surface area contributed by atoms with Crippen LogP contribution >= 0.6 is 11.6 Å². The largest absolute Gasteiger partial charge is 0.513 e. The van der Waals surface area contributed by atoms with Crippen LogP contribution in [0.25, 0.3) is 11.1 Å². The molecular weight excluding hydrogens is 404 g/mol. The molecule has 0 aliphatic heterocycles. The number of rotatable bonds is 8. The highest BCUT2D eigenvalue weighted by molar-refractivity contribution is 6.31. The molecule has 0 radical (unpaired) electrons. The van der Waals surface area contributed by atoms with Gasteiger partial charge in [-0.05, 0) is 53.6 Å². The number of hydrogen-bond donors (Lipinski definition) is 1. The summed E-state index contributed by atoms with van der Waals surface area (Å²) in [5.41, 5.74) is 2.90. The van der Waals surface area contributed by atoms with Crippen molar-refractivity contribution in [1.82, 2.24) is 0 Å². The van der Waals surface area contributed by atoms with Gasteiger partial charge in [0.2, 0.25) is 0 Å². The summed E-state index contributed by atoms with van der Waals surface area (Å²) < 4.78 is 10.8. The molecule has 0 amide bonds. The van der Waals surface area contributed by atoms with Crippen molar-refractivity contribution in [2.24, 2.45) is 0 Å². The van der Waals surface area contributed by atoms with Gasteiger partial charge in [-0.3, -0.25) is 0 Å². The van der Waals surface area contributed by atoms with Crippen LogP contribution in [0.5, 0.6) is 5.75 Å². The van der Waals surface area contributed by atoms with Crippen LogP contribution in [0, 0.1) is 0 Å². The first-order chi connectivity index (χ1) is 14.1. The van der Waals surface area contributed by atoms with Gasteiger partial charge < -0.3 is 14.6 Å². The number of unbranched alkanes of at least 4 members (excludes halogenated alkanes) is 1. The van der Waals surface area contributed by atoms with Gasteiger partial charge in [-0.25, -0.2) is 9.59 Å². The molecule has 162 valence electrons. The Balaban J connectivity index is 2.72. The van der Waals surface area contributed by atoms with Crippen LogP contribution in [0.4, 0.5) is 4.79 Å². The summed E-state index contributed by atoms with van der Waals surface area (Å²) in [5, 5.41) is 10.1. The molecule has 2 aromatic rings. The minimum atomic E-state index is -1.08. The van der Waals surface area contributed by atoms with E-state index in [1.807, 2.05) is 40.7 Å². The molecule has 30 heavy (non-hydrogen) atoms. The highest BCUT2D eigenvalue weighted by Gasteiger charge is 2.24. The maximum absolute atomic E-state index is 12.3. The predicted octanol–water partition coefficient (Wildman–Crippen LogP) is 7.27. The molecule has 0 saturated carbocycles. The van der Waals surface area contributed by atoms with Gasteiger partial charge in [0.25, 0.3) is 0 Å². The number of carboxylic acid groups (broad SMARTS) is 1. The van der Waals surface area contributed by atoms with E-state index in [9.17, 15) is 14.7 Å². The highest BCUT2D eigenvalue weighted by atomic mass is 35.5. The fourth-order valence-electron chi connectivity index (χ4n) is 3.15. The molecular formula is C24H29ClO5. The summed E-state index contributed by atoms with van der Waals surface area (Å²) in [6.07, 6.45) is 0.825. The van der Waals surface area contributed by atoms with E-state index in [2.05, 4.69) is 0 Å². The van der Waals surface area contributed by atoms with Crippen LogP contribution in [0.2, 0.25) is 5.02 Å². The van der Waals surface area contributed by atoms with Gasteiger partial charge in [-0.1, -0.05) is 58.7 Å². The molecule has 0 aromatic heterocycles. The van der Waals surface area contributed by atoms with Crippen molar-refractivity contribution >= 4 is 23.7 Å². The van der Waals surface area contributed by atoms with Crippen LogP contribution in [0.15, 0.2) is 30.3 Å². The summed E-state index contributed by atoms with van der Waals surface area (Å²) in [5.74, 6) is -0.567. The maximum Gasteiger partial charge on any atom is 0.513 e. The second-order valence-corrected chi connectivity index (χ2v) is 8.28. The zero-order valence-electron chi connectivity index (χ0n) is 18.1. The summed E-state index contributed by atoms with van der Waals surface area (Å²) in [4.78, 5) is 24.2. The number of carbonyl (C=O) groups excluding carboxylic acids is 1. The monoisotopic (exact) mass is 432 g/mol. The Bertz CT molecular complexity index is 918. The molecule has 0 aliphatic carbocycles. The van der Waals surface area contributed by atoms with Gasteiger partial charge in [0.15, 0.2) is 0 Å². The number of ether oxygens (including phenoxy) is 2. The van der Waals surface area contributed by atoms with Crippen molar-refractivity contribution in [3.63, 3.8) is 0 Å². The molecule has 0 heterocycles. The lowest BCUT2D eigenvalue weighted by molar-refractivity contribution is 0.0697.